The highest BCUT2D eigenvalue weighted by molar-refractivity contribution is 5.76. The maximum Gasteiger partial charge on any atom is 0.220 e. The number of hydrogen-bond acceptors (Lipinski definition) is 6. The number of halogens is 2. The van der Waals surface area contributed by atoms with Crippen LogP contribution in [-0.4, -0.2) is 33.2 Å². The smallest absolute Gasteiger partial charge is 0.220 e. The van der Waals surface area contributed by atoms with E-state index in [0.717, 1.165) is 23.4 Å². The van der Waals surface area contributed by atoms with Gasteiger partial charge in [-0.2, -0.15) is 5.10 Å². The van der Waals surface area contributed by atoms with Crippen molar-refractivity contribution in [2.45, 2.75) is 19.4 Å². The van der Waals surface area contributed by atoms with E-state index in [2.05, 4.69) is 25.5 Å². The normalized spacial score (nSPS) is 10.8. The molecule has 8 nitrogen and oxygen atoms in total. The number of amides is 1. The summed E-state index contributed by atoms with van der Waals surface area (Å²) in [5.41, 5.74) is 0.921. The third-order valence-electron chi connectivity index (χ3n) is 4.65. The molecule has 32 heavy (non-hydrogen) atoms. The van der Waals surface area contributed by atoms with Gasteiger partial charge in [-0.05, 0) is 36.4 Å². The van der Waals surface area contributed by atoms with Gasteiger partial charge in [0.05, 0.1) is 25.4 Å². The van der Waals surface area contributed by atoms with Gasteiger partial charge >= 0.3 is 0 Å². The number of benzene rings is 2. The third kappa shape index (κ3) is 4.97. The molecule has 1 amide bonds. The van der Waals surface area contributed by atoms with Crippen LogP contribution in [0.25, 0.3) is 22.7 Å². The molecule has 0 fully saturated rings. The lowest BCUT2D eigenvalue weighted by atomic mass is 10.2. The van der Waals surface area contributed by atoms with Gasteiger partial charge in [0.15, 0.2) is 17.5 Å². The molecule has 0 spiro atoms. The van der Waals surface area contributed by atoms with E-state index in [-0.39, 0.29) is 42.5 Å². The molecule has 2 aromatic heterocycles. The largest absolute Gasteiger partial charge is 0.497 e. The molecule has 0 aliphatic rings. The van der Waals surface area contributed by atoms with Crippen molar-refractivity contribution in [3.63, 3.8) is 0 Å². The summed E-state index contributed by atoms with van der Waals surface area (Å²) in [6.07, 6.45) is 1.69. The molecule has 2 aromatic carbocycles. The molecule has 0 aliphatic carbocycles. The van der Waals surface area contributed by atoms with E-state index in [1.54, 1.807) is 7.11 Å². The van der Waals surface area contributed by atoms with Crippen LogP contribution in [0.1, 0.15) is 18.1 Å². The van der Waals surface area contributed by atoms with Crippen LogP contribution in [0.4, 0.5) is 8.78 Å². The molecule has 0 unspecified atom stereocenters. The Balaban J connectivity index is 1.28. The number of rotatable bonds is 8. The maximum atomic E-state index is 13.9. The minimum atomic E-state index is -0.744. The second kappa shape index (κ2) is 9.38. The summed E-state index contributed by atoms with van der Waals surface area (Å²) in [6, 6.07) is 10.5. The number of aromatic nitrogens is 4. The van der Waals surface area contributed by atoms with E-state index < -0.39 is 11.6 Å². The van der Waals surface area contributed by atoms with Crippen molar-refractivity contribution in [2.24, 2.45) is 0 Å². The number of aromatic amines is 1. The topological polar surface area (TPSA) is 106 Å². The van der Waals surface area contributed by atoms with Gasteiger partial charge in [-0.15, -0.1) is 0 Å². The van der Waals surface area contributed by atoms with Gasteiger partial charge in [0, 0.05) is 24.5 Å². The zero-order valence-electron chi connectivity index (χ0n) is 17.1. The highest BCUT2D eigenvalue weighted by atomic mass is 19.1. The van der Waals surface area contributed by atoms with Crippen LogP contribution in [0.15, 0.2) is 53.1 Å². The Morgan fingerprint density at radius 3 is 2.75 bits per heavy atom. The van der Waals surface area contributed by atoms with Crippen molar-refractivity contribution in [3.05, 3.63) is 72.0 Å². The molecule has 0 atom stereocenters. The van der Waals surface area contributed by atoms with Gasteiger partial charge in [-0.1, -0.05) is 0 Å². The summed E-state index contributed by atoms with van der Waals surface area (Å²) in [4.78, 5) is 20.6. The number of carbonyl (C=O) groups is 1. The SMILES string of the molecule is COc1ccc(-c2n[nH]c(CNC(=O)CCc3ncc(-c4ccc(F)cc4F)o3)n2)cc1. The van der Waals surface area contributed by atoms with E-state index in [1.165, 1.54) is 12.3 Å². The second-order valence-electron chi connectivity index (χ2n) is 6.85. The minimum Gasteiger partial charge on any atom is -0.497 e. The first kappa shape index (κ1) is 21.2. The van der Waals surface area contributed by atoms with Crippen molar-refractivity contribution in [2.75, 3.05) is 7.11 Å². The van der Waals surface area contributed by atoms with Crippen LogP contribution in [0.3, 0.4) is 0 Å². The zero-order chi connectivity index (χ0) is 22.5. The van der Waals surface area contributed by atoms with Crippen LogP contribution in [0.2, 0.25) is 0 Å². The van der Waals surface area contributed by atoms with E-state index >= 15 is 0 Å². The van der Waals surface area contributed by atoms with Gasteiger partial charge in [0.2, 0.25) is 5.91 Å². The predicted octanol–water partition coefficient (Wildman–Crippen LogP) is 3.66. The first-order chi connectivity index (χ1) is 15.5. The van der Waals surface area contributed by atoms with Crippen molar-refractivity contribution < 1.29 is 22.7 Å². The van der Waals surface area contributed by atoms with Crippen molar-refractivity contribution in [1.82, 2.24) is 25.5 Å². The zero-order valence-corrected chi connectivity index (χ0v) is 17.1. The monoisotopic (exact) mass is 439 g/mol. The summed E-state index contributed by atoms with van der Waals surface area (Å²) >= 11 is 0. The Labute approximate surface area is 181 Å². The first-order valence-corrected chi connectivity index (χ1v) is 9.74. The molecule has 0 radical (unpaired) electrons. The van der Waals surface area contributed by atoms with E-state index in [4.69, 9.17) is 9.15 Å². The average molecular weight is 439 g/mol. The Morgan fingerprint density at radius 2 is 2.00 bits per heavy atom. The Hall–Kier alpha value is -4.08. The third-order valence-corrected chi connectivity index (χ3v) is 4.65. The lowest BCUT2D eigenvalue weighted by molar-refractivity contribution is -0.121. The summed E-state index contributed by atoms with van der Waals surface area (Å²) in [5, 5.41) is 9.69. The number of ether oxygens (including phenoxy) is 1. The molecule has 0 saturated carbocycles. The number of H-pyrrole nitrogens is 1. The van der Waals surface area contributed by atoms with Gasteiger partial charge in [-0.25, -0.2) is 18.7 Å². The van der Waals surface area contributed by atoms with Crippen molar-refractivity contribution in [1.29, 1.82) is 0 Å². The number of nitrogens with zero attached hydrogens (tertiary/aromatic N) is 3. The molecule has 4 aromatic rings. The molecule has 2 heterocycles. The van der Waals surface area contributed by atoms with Crippen molar-refractivity contribution >= 4 is 5.91 Å². The van der Waals surface area contributed by atoms with Gasteiger partial charge in [-0.3, -0.25) is 9.89 Å². The Bertz CT molecular complexity index is 1220. The molecule has 10 heteroatoms. The fourth-order valence-corrected chi connectivity index (χ4v) is 2.97. The second-order valence-corrected chi connectivity index (χ2v) is 6.85. The average Bonchev–Trinajstić information content (AvgIpc) is 3.46. The number of methoxy groups -OCH3 is 1. The Kier molecular flexibility index (Phi) is 6.20. The Morgan fingerprint density at radius 1 is 1.19 bits per heavy atom. The highest BCUT2D eigenvalue weighted by Crippen LogP contribution is 2.24. The summed E-state index contributed by atoms with van der Waals surface area (Å²) in [6.45, 7) is 0.180. The summed E-state index contributed by atoms with van der Waals surface area (Å²) < 4.78 is 37.5. The van der Waals surface area contributed by atoms with Crippen LogP contribution in [0, 0.1) is 11.6 Å². The number of hydrogen-bond donors (Lipinski definition) is 2. The molecule has 0 saturated heterocycles. The molecule has 2 N–H and O–H groups in total. The fraction of sp³-hybridized carbons (Fsp3) is 0.182. The quantitative estimate of drug-likeness (QED) is 0.434. The van der Waals surface area contributed by atoms with E-state index in [9.17, 15) is 13.6 Å². The fourth-order valence-electron chi connectivity index (χ4n) is 2.97. The van der Waals surface area contributed by atoms with Crippen molar-refractivity contribution in [3.8, 4) is 28.5 Å². The van der Waals surface area contributed by atoms with Gasteiger partial charge < -0.3 is 14.5 Å². The van der Waals surface area contributed by atoms with E-state index in [1.807, 2.05) is 24.3 Å². The molecule has 0 bridgehead atoms. The lowest BCUT2D eigenvalue weighted by Crippen LogP contribution is -2.23. The standard InChI is InChI=1S/C22H19F2N5O3/c1-31-15-5-2-13(3-6-15)22-27-19(28-29-22)12-25-20(30)8-9-21-26-11-18(32-21)16-7-4-14(23)10-17(16)24/h2-7,10-11H,8-9,12H2,1H3,(H,25,30)(H,27,28,29). The first-order valence-electron chi connectivity index (χ1n) is 9.74. The summed E-state index contributed by atoms with van der Waals surface area (Å²) in [7, 11) is 1.59. The molecule has 0 aliphatic heterocycles. The molecule has 164 valence electrons. The number of aryl methyl sites for hydroxylation is 1. The predicted molar refractivity (Wildman–Crippen MR) is 110 cm³/mol. The molecular weight excluding hydrogens is 420 g/mol. The van der Waals surface area contributed by atoms with Crippen LogP contribution < -0.4 is 10.1 Å². The number of carbonyl (C=O) groups excluding carboxylic acids is 1. The maximum absolute atomic E-state index is 13.9. The van der Waals surface area contributed by atoms with Crippen LogP contribution >= 0.6 is 0 Å². The van der Waals surface area contributed by atoms with E-state index in [0.29, 0.717) is 11.6 Å². The molecular formula is C22H19F2N5O3. The van der Waals surface area contributed by atoms with Crippen LogP contribution in [-0.2, 0) is 17.8 Å². The molecule has 4 rings (SSSR count). The number of oxazole rings is 1. The van der Waals surface area contributed by atoms with Gasteiger partial charge in [0.1, 0.15) is 23.2 Å². The summed E-state index contributed by atoms with van der Waals surface area (Å²) in [5.74, 6) is 0.549. The van der Waals surface area contributed by atoms with Gasteiger partial charge in [0.25, 0.3) is 0 Å². The highest BCUT2D eigenvalue weighted by Gasteiger charge is 2.13. The minimum absolute atomic E-state index is 0.104. The van der Waals surface area contributed by atoms with Crippen LogP contribution in [0.5, 0.6) is 5.75 Å². The lowest BCUT2D eigenvalue weighted by Gasteiger charge is -2.02. The number of nitrogens with one attached hydrogen (secondary N) is 2.